The molecule has 2 nitrogen and oxygen atoms in total. The van der Waals surface area contributed by atoms with Crippen LogP contribution in [0.4, 0.5) is 0 Å². The number of nitrogens with one attached hydrogen (secondary N) is 1. The van der Waals surface area contributed by atoms with Crippen LogP contribution in [0.15, 0.2) is 24.3 Å². The molecule has 0 heterocycles. The van der Waals surface area contributed by atoms with Crippen LogP contribution < -0.4 is 5.32 Å². The van der Waals surface area contributed by atoms with Gasteiger partial charge in [-0.3, -0.25) is 4.79 Å². The number of halogens is 1. The average Bonchev–Trinajstić information content (AvgIpc) is 2.54. The van der Waals surface area contributed by atoms with Crippen molar-refractivity contribution in [2.75, 3.05) is 18.1 Å². The van der Waals surface area contributed by atoms with Gasteiger partial charge >= 0.3 is 0 Å². The molecule has 5 heteroatoms. The summed E-state index contributed by atoms with van der Waals surface area (Å²) < 4.78 is 0. The van der Waals surface area contributed by atoms with Gasteiger partial charge < -0.3 is 5.32 Å². The highest BCUT2D eigenvalue weighted by Crippen LogP contribution is 2.27. The van der Waals surface area contributed by atoms with Gasteiger partial charge in [-0.15, -0.1) is 11.8 Å². The zero-order chi connectivity index (χ0) is 15.6. The molecule has 1 saturated carbocycles. The molecule has 1 aromatic carbocycles. The van der Waals surface area contributed by atoms with Crippen molar-refractivity contribution in [1.82, 2.24) is 5.32 Å². The molecule has 1 fully saturated rings. The number of carbonyl (C=O) groups excluding carboxylic acids is 1. The first kappa shape index (κ1) is 18.0. The van der Waals surface area contributed by atoms with E-state index in [0.717, 1.165) is 28.3 Å². The van der Waals surface area contributed by atoms with Crippen LogP contribution in [0.2, 0.25) is 5.02 Å². The molecule has 1 aromatic rings. The van der Waals surface area contributed by atoms with Gasteiger partial charge in [0.15, 0.2) is 0 Å². The predicted molar refractivity (Wildman–Crippen MR) is 100.0 cm³/mol. The Labute approximate surface area is 147 Å². The summed E-state index contributed by atoms with van der Waals surface area (Å²) in [5, 5.41) is 4.59. The SMILES string of the molecule is O=C(CSCc1ccc(Cl)cc1)NCCSC1CCCCC1. The van der Waals surface area contributed by atoms with Crippen LogP contribution in [0.5, 0.6) is 0 Å². The third-order valence-corrected chi connectivity index (χ3v) is 6.38. The third kappa shape index (κ3) is 7.30. The van der Waals surface area contributed by atoms with Crippen molar-refractivity contribution in [3.63, 3.8) is 0 Å². The zero-order valence-electron chi connectivity index (χ0n) is 12.9. The molecule has 22 heavy (non-hydrogen) atoms. The highest BCUT2D eigenvalue weighted by molar-refractivity contribution is 8.00. The molecule has 0 spiro atoms. The highest BCUT2D eigenvalue weighted by Gasteiger charge is 2.13. The van der Waals surface area contributed by atoms with Crippen LogP contribution in [0.3, 0.4) is 0 Å². The van der Waals surface area contributed by atoms with Gasteiger partial charge in [0.2, 0.25) is 5.91 Å². The van der Waals surface area contributed by atoms with Crippen molar-refractivity contribution < 1.29 is 4.79 Å². The van der Waals surface area contributed by atoms with Crippen molar-refractivity contribution in [2.45, 2.75) is 43.1 Å². The number of carbonyl (C=O) groups is 1. The molecule has 1 aliphatic rings. The maximum atomic E-state index is 11.8. The maximum Gasteiger partial charge on any atom is 0.230 e. The van der Waals surface area contributed by atoms with Gasteiger partial charge in [0.1, 0.15) is 0 Å². The maximum absolute atomic E-state index is 11.8. The molecule has 0 unspecified atom stereocenters. The molecule has 122 valence electrons. The quantitative estimate of drug-likeness (QED) is 0.680. The van der Waals surface area contributed by atoms with E-state index in [1.165, 1.54) is 37.7 Å². The molecule has 1 N–H and O–H groups in total. The minimum atomic E-state index is 0.142. The summed E-state index contributed by atoms with van der Waals surface area (Å²) >= 11 is 9.52. The summed E-state index contributed by atoms with van der Waals surface area (Å²) in [7, 11) is 0. The minimum absolute atomic E-state index is 0.142. The molecular formula is C17H24ClNOS2. The Bertz CT molecular complexity index is 446. The second-order valence-corrected chi connectivity index (χ2v) is 8.43. The van der Waals surface area contributed by atoms with Gasteiger partial charge in [-0.25, -0.2) is 0 Å². The summed E-state index contributed by atoms with van der Waals surface area (Å²) in [5.74, 6) is 2.55. The monoisotopic (exact) mass is 357 g/mol. The van der Waals surface area contributed by atoms with Gasteiger partial charge in [-0.05, 0) is 30.5 Å². The molecule has 2 rings (SSSR count). The van der Waals surface area contributed by atoms with Crippen molar-refractivity contribution in [2.24, 2.45) is 0 Å². The Kier molecular flexibility index (Phi) is 8.56. The molecule has 0 saturated heterocycles. The van der Waals surface area contributed by atoms with Crippen LogP contribution in [0, 0.1) is 0 Å². The van der Waals surface area contributed by atoms with E-state index in [1.807, 2.05) is 36.0 Å². The molecule has 0 radical (unpaired) electrons. The Balaban J connectivity index is 1.49. The van der Waals surface area contributed by atoms with Crippen LogP contribution in [0.1, 0.15) is 37.7 Å². The van der Waals surface area contributed by atoms with Crippen LogP contribution >= 0.6 is 35.1 Å². The number of rotatable bonds is 8. The zero-order valence-corrected chi connectivity index (χ0v) is 15.2. The number of benzene rings is 1. The molecule has 1 amide bonds. The van der Waals surface area contributed by atoms with Gasteiger partial charge in [0.25, 0.3) is 0 Å². The van der Waals surface area contributed by atoms with E-state index in [1.54, 1.807) is 11.8 Å². The Morgan fingerprint density at radius 1 is 1.18 bits per heavy atom. The summed E-state index contributed by atoms with van der Waals surface area (Å²) in [6.07, 6.45) is 6.88. The van der Waals surface area contributed by atoms with Gasteiger partial charge in [0.05, 0.1) is 5.75 Å². The Morgan fingerprint density at radius 2 is 1.91 bits per heavy atom. The lowest BCUT2D eigenvalue weighted by atomic mass is 10.0. The highest BCUT2D eigenvalue weighted by atomic mass is 35.5. The normalized spacial score (nSPS) is 15.7. The standard InChI is InChI=1S/C17H24ClNOS2/c18-15-8-6-14(7-9-15)12-21-13-17(20)19-10-11-22-16-4-2-1-3-5-16/h6-9,16H,1-5,10-13H2,(H,19,20). The number of thioether (sulfide) groups is 2. The molecule has 0 bridgehead atoms. The first-order valence-corrected chi connectivity index (χ1v) is 10.5. The van der Waals surface area contributed by atoms with E-state index in [9.17, 15) is 4.79 Å². The summed E-state index contributed by atoms with van der Waals surface area (Å²) in [6.45, 7) is 0.793. The fraction of sp³-hybridized carbons (Fsp3) is 0.588. The number of hydrogen-bond donors (Lipinski definition) is 1. The van der Waals surface area contributed by atoms with Crippen molar-refractivity contribution in [1.29, 1.82) is 0 Å². The van der Waals surface area contributed by atoms with E-state index < -0.39 is 0 Å². The smallest absolute Gasteiger partial charge is 0.230 e. The van der Waals surface area contributed by atoms with Crippen molar-refractivity contribution in [3.05, 3.63) is 34.9 Å². The van der Waals surface area contributed by atoms with Gasteiger partial charge in [-0.1, -0.05) is 43.0 Å². The van der Waals surface area contributed by atoms with Crippen LogP contribution in [0.25, 0.3) is 0 Å². The fourth-order valence-corrected chi connectivity index (χ4v) is 4.70. The topological polar surface area (TPSA) is 29.1 Å². The van der Waals surface area contributed by atoms with E-state index >= 15 is 0 Å². The third-order valence-electron chi connectivity index (χ3n) is 3.75. The molecule has 0 aromatic heterocycles. The average molecular weight is 358 g/mol. The lowest BCUT2D eigenvalue weighted by Gasteiger charge is -2.20. The van der Waals surface area contributed by atoms with Crippen LogP contribution in [-0.2, 0) is 10.5 Å². The second kappa shape index (κ2) is 10.5. The van der Waals surface area contributed by atoms with Gasteiger partial charge in [0, 0.05) is 28.3 Å². The molecule has 0 aliphatic heterocycles. The molecule has 0 atom stereocenters. The first-order chi connectivity index (χ1) is 10.7. The molecule has 1 aliphatic carbocycles. The summed E-state index contributed by atoms with van der Waals surface area (Å²) in [5.41, 5.74) is 1.20. The van der Waals surface area contributed by atoms with Crippen LogP contribution in [-0.4, -0.2) is 29.2 Å². The predicted octanol–water partition coefficient (Wildman–Crippen LogP) is 4.76. The van der Waals surface area contributed by atoms with E-state index in [2.05, 4.69) is 5.32 Å². The summed E-state index contributed by atoms with van der Waals surface area (Å²) in [4.78, 5) is 11.8. The summed E-state index contributed by atoms with van der Waals surface area (Å²) in [6, 6.07) is 7.79. The Morgan fingerprint density at radius 3 is 2.64 bits per heavy atom. The van der Waals surface area contributed by atoms with Crippen molar-refractivity contribution >= 4 is 41.0 Å². The van der Waals surface area contributed by atoms with E-state index in [0.29, 0.717) is 5.75 Å². The second-order valence-electron chi connectivity index (χ2n) is 5.60. The Hall–Kier alpha value is -0.320. The van der Waals surface area contributed by atoms with Gasteiger partial charge in [-0.2, -0.15) is 11.8 Å². The lowest BCUT2D eigenvalue weighted by molar-refractivity contribution is -0.118. The minimum Gasteiger partial charge on any atom is -0.355 e. The van der Waals surface area contributed by atoms with E-state index in [4.69, 9.17) is 11.6 Å². The van der Waals surface area contributed by atoms with Crippen molar-refractivity contribution in [3.8, 4) is 0 Å². The van der Waals surface area contributed by atoms with E-state index in [-0.39, 0.29) is 5.91 Å². The number of amides is 1. The molecular weight excluding hydrogens is 334 g/mol. The number of hydrogen-bond acceptors (Lipinski definition) is 3. The largest absolute Gasteiger partial charge is 0.355 e. The first-order valence-electron chi connectivity index (χ1n) is 7.94. The fourth-order valence-electron chi connectivity index (χ4n) is 2.54. The lowest BCUT2D eigenvalue weighted by Crippen LogP contribution is -2.28.